The van der Waals surface area contributed by atoms with E-state index >= 15 is 0 Å². The van der Waals surface area contributed by atoms with Gasteiger partial charge in [0.05, 0.1) is 18.7 Å². The Morgan fingerprint density at radius 2 is 2.50 bits per heavy atom. The van der Waals surface area contributed by atoms with Gasteiger partial charge in [0.25, 0.3) is 0 Å². The van der Waals surface area contributed by atoms with Gasteiger partial charge in [-0.15, -0.1) is 0 Å². The van der Waals surface area contributed by atoms with E-state index < -0.39 is 0 Å². The van der Waals surface area contributed by atoms with Crippen molar-refractivity contribution in [1.29, 1.82) is 0 Å². The van der Waals surface area contributed by atoms with Gasteiger partial charge in [0.1, 0.15) is 0 Å². The molecule has 0 aliphatic carbocycles. The fourth-order valence-corrected chi connectivity index (χ4v) is 2.39. The average molecular weight is 197 g/mol. The van der Waals surface area contributed by atoms with Crippen molar-refractivity contribution in [2.24, 2.45) is 10.7 Å². The Balaban J connectivity index is 2.10. The first kappa shape index (κ1) is 9.77. The van der Waals surface area contributed by atoms with E-state index in [0.717, 1.165) is 45.6 Å². The van der Waals surface area contributed by atoms with Crippen LogP contribution in [0.1, 0.15) is 26.2 Å². The van der Waals surface area contributed by atoms with Crippen molar-refractivity contribution in [3.05, 3.63) is 0 Å². The molecule has 2 rings (SSSR count). The minimum atomic E-state index is 0.0956. The third-order valence-corrected chi connectivity index (χ3v) is 3.13. The lowest BCUT2D eigenvalue weighted by Gasteiger charge is -2.41. The SMILES string of the molecule is CCCN1C(N)=NCC12CCCOC2. The summed E-state index contributed by atoms with van der Waals surface area (Å²) in [7, 11) is 0. The second-order valence-electron chi connectivity index (χ2n) is 4.21. The molecule has 0 aromatic carbocycles. The number of aliphatic imine (C=N–C) groups is 1. The van der Waals surface area contributed by atoms with Crippen LogP contribution in [0.3, 0.4) is 0 Å². The molecule has 1 spiro atoms. The molecule has 80 valence electrons. The highest BCUT2D eigenvalue weighted by Gasteiger charge is 2.43. The molecule has 1 atom stereocenters. The summed E-state index contributed by atoms with van der Waals surface area (Å²) in [5.74, 6) is 0.706. The van der Waals surface area contributed by atoms with Crippen molar-refractivity contribution in [1.82, 2.24) is 4.90 Å². The molecule has 14 heavy (non-hydrogen) atoms. The van der Waals surface area contributed by atoms with Crippen LogP contribution >= 0.6 is 0 Å². The molecule has 0 radical (unpaired) electrons. The van der Waals surface area contributed by atoms with E-state index in [1.54, 1.807) is 0 Å². The van der Waals surface area contributed by atoms with Crippen LogP contribution in [0.25, 0.3) is 0 Å². The summed E-state index contributed by atoms with van der Waals surface area (Å²) in [6.07, 6.45) is 3.40. The van der Waals surface area contributed by atoms with Gasteiger partial charge < -0.3 is 15.4 Å². The van der Waals surface area contributed by atoms with E-state index in [2.05, 4.69) is 16.8 Å². The van der Waals surface area contributed by atoms with Crippen LogP contribution in [0.5, 0.6) is 0 Å². The molecular formula is C10H19N3O. The van der Waals surface area contributed by atoms with E-state index in [4.69, 9.17) is 10.5 Å². The van der Waals surface area contributed by atoms with Crippen molar-refractivity contribution < 1.29 is 4.74 Å². The van der Waals surface area contributed by atoms with Gasteiger partial charge in [-0.25, -0.2) is 0 Å². The van der Waals surface area contributed by atoms with Crippen molar-refractivity contribution in [2.45, 2.75) is 31.7 Å². The monoisotopic (exact) mass is 197 g/mol. The summed E-state index contributed by atoms with van der Waals surface area (Å²) in [5, 5.41) is 0. The fourth-order valence-electron chi connectivity index (χ4n) is 2.39. The highest BCUT2D eigenvalue weighted by Crippen LogP contribution is 2.30. The molecule has 2 N–H and O–H groups in total. The average Bonchev–Trinajstić information content (AvgIpc) is 2.49. The first-order valence-electron chi connectivity index (χ1n) is 5.44. The van der Waals surface area contributed by atoms with Crippen LogP contribution in [-0.4, -0.2) is 42.7 Å². The van der Waals surface area contributed by atoms with E-state index in [1.165, 1.54) is 0 Å². The maximum Gasteiger partial charge on any atom is 0.191 e. The largest absolute Gasteiger partial charge is 0.379 e. The molecule has 4 nitrogen and oxygen atoms in total. The number of guanidine groups is 1. The number of ether oxygens (including phenoxy) is 1. The lowest BCUT2D eigenvalue weighted by Crippen LogP contribution is -2.56. The first-order chi connectivity index (χ1) is 6.78. The van der Waals surface area contributed by atoms with E-state index in [9.17, 15) is 0 Å². The zero-order chi connectivity index (χ0) is 10.0. The van der Waals surface area contributed by atoms with Crippen LogP contribution in [0.4, 0.5) is 0 Å². The number of hydrogen-bond acceptors (Lipinski definition) is 4. The van der Waals surface area contributed by atoms with Gasteiger partial charge in [0.2, 0.25) is 0 Å². The number of nitrogens with two attached hydrogens (primary N) is 1. The quantitative estimate of drug-likeness (QED) is 0.704. The number of nitrogens with zero attached hydrogens (tertiary/aromatic N) is 2. The fraction of sp³-hybridized carbons (Fsp3) is 0.900. The topological polar surface area (TPSA) is 50.8 Å². The predicted molar refractivity (Wildman–Crippen MR) is 56.3 cm³/mol. The summed E-state index contributed by atoms with van der Waals surface area (Å²) >= 11 is 0. The smallest absolute Gasteiger partial charge is 0.191 e. The van der Waals surface area contributed by atoms with Gasteiger partial charge in [0, 0.05) is 13.2 Å². The van der Waals surface area contributed by atoms with E-state index in [1.807, 2.05) is 0 Å². The lowest BCUT2D eigenvalue weighted by molar-refractivity contribution is -0.00923. The Morgan fingerprint density at radius 1 is 1.64 bits per heavy atom. The Bertz CT molecular complexity index is 234. The molecule has 0 aromatic heterocycles. The Kier molecular flexibility index (Phi) is 2.63. The summed E-state index contributed by atoms with van der Waals surface area (Å²) < 4.78 is 5.56. The van der Waals surface area contributed by atoms with Crippen LogP contribution < -0.4 is 5.73 Å². The molecular weight excluding hydrogens is 178 g/mol. The van der Waals surface area contributed by atoms with Crippen molar-refractivity contribution >= 4 is 5.96 Å². The van der Waals surface area contributed by atoms with Gasteiger partial charge >= 0.3 is 0 Å². The molecule has 2 aliphatic heterocycles. The molecule has 0 amide bonds. The van der Waals surface area contributed by atoms with Gasteiger partial charge in [-0.1, -0.05) is 6.92 Å². The van der Waals surface area contributed by atoms with E-state index in [0.29, 0.717) is 5.96 Å². The Labute approximate surface area is 85.1 Å². The maximum atomic E-state index is 5.89. The molecule has 1 fully saturated rings. The maximum absolute atomic E-state index is 5.89. The zero-order valence-electron chi connectivity index (χ0n) is 8.83. The number of rotatable bonds is 2. The van der Waals surface area contributed by atoms with Crippen molar-refractivity contribution in [2.75, 3.05) is 26.3 Å². The minimum Gasteiger partial charge on any atom is -0.379 e. The zero-order valence-corrected chi connectivity index (χ0v) is 8.83. The van der Waals surface area contributed by atoms with Crippen LogP contribution in [0.15, 0.2) is 4.99 Å². The summed E-state index contributed by atoms with van der Waals surface area (Å²) in [6.45, 7) is 5.67. The molecule has 2 heterocycles. The minimum absolute atomic E-state index is 0.0956. The summed E-state index contributed by atoms with van der Waals surface area (Å²) in [4.78, 5) is 6.60. The standard InChI is InChI=1S/C10H19N3O/c1-2-5-13-9(11)12-7-10(13)4-3-6-14-8-10/h2-8H2,1H3,(H2,11,12). The second kappa shape index (κ2) is 3.77. The molecule has 0 saturated carbocycles. The third-order valence-electron chi connectivity index (χ3n) is 3.13. The van der Waals surface area contributed by atoms with Crippen LogP contribution in [0.2, 0.25) is 0 Å². The van der Waals surface area contributed by atoms with Gasteiger partial charge in [-0.3, -0.25) is 4.99 Å². The highest BCUT2D eigenvalue weighted by atomic mass is 16.5. The predicted octanol–water partition coefficient (Wildman–Crippen LogP) is 0.576. The lowest BCUT2D eigenvalue weighted by atomic mass is 9.91. The second-order valence-corrected chi connectivity index (χ2v) is 4.21. The molecule has 0 aromatic rings. The van der Waals surface area contributed by atoms with Gasteiger partial charge in [-0.2, -0.15) is 0 Å². The summed E-state index contributed by atoms with van der Waals surface area (Å²) in [6, 6.07) is 0. The highest BCUT2D eigenvalue weighted by molar-refractivity contribution is 5.81. The first-order valence-corrected chi connectivity index (χ1v) is 5.44. The molecule has 1 saturated heterocycles. The summed E-state index contributed by atoms with van der Waals surface area (Å²) in [5.41, 5.74) is 5.99. The Hall–Kier alpha value is -0.770. The van der Waals surface area contributed by atoms with Gasteiger partial charge in [-0.05, 0) is 19.3 Å². The Morgan fingerprint density at radius 3 is 3.14 bits per heavy atom. The molecule has 4 heteroatoms. The normalized spacial score (nSPS) is 32.4. The molecule has 1 unspecified atom stereocenters. The molecule has 0 bridgehead atoms. The molecule has 2 aliphatic rings. The van der Waals surface area contributed by atoms with Gasteiger partial charge in [0.15, 0.2) is 5.96 Å². The van der Waals surface area contributed by atoms with Crippen molar-refractivity contribution in [3.8, 4) is 0 Å². The van der Waals surface area contributed by atoms with Crippen LogP contribution in [0, 0.1) is 0 Å². The number of hydrogen-bond donors (Lipinski definition) is 1. The van der Waals surface area contributed by atoms with Crippen LogP contribution in [-0.2, 0) is 4.74 Å². The van der Waals surface area contributed by atoms with Crippen molar-refractivity contribution in [3.63, 3.8) is 0 Å². The third kappa shape index (κ3) is 1.47. The van der Waals surface area contributed by atoms with E-state index in [-0.39, 0.29) is 5.54 Å².